The molecule has 1 saturated carbocycles. The van der Waals surface area contributed by atoms with Crippen LogP contribution in [0.4, 0.5) is 0 Å². The number of rotatable bonds is 10. The Bertz CT molecular complexity index is 1830. The van der Waals surface area contributed by atoms with Crippen LogP contribution in [0.3, 0.4) is 0 Å². The molecule has 11 nitrogen and oxygen atoms in total. The molecule has 1 amide bonds. The number of benzene rings is 2. The van der Waals surface area contributed by atoms with Crippen LogP contribution in [0.1, 0.15) is 59.8 Å². The number of methoxy groups -OCH3 is 1. The first-order chi connectivity index (χ1) is 21.3. The van der Waals surface area contributed by atoms with E-state index in [-0.39, 0.29) is 6.42 Å². The van der Waals surface area contributed by atoms with Crippen molar-refractivity contribution in [2.75, 3.05) is 13.7 Å². The third-order valence-corrected chi connectivity index (χ3v) is 8.32. The third kappa shape index (κ3) is 5.77. The van der Waals surface area contributed by atoms with Gasteiger partial charge in [-0.25, -0.2) is 14.6 Å². The van der Waals surface area contributed by atoms with E-state index in [0.717, 1.165) is 64.7 Å². The predicted octanol–water partition coefficient (Wildman–Crippen LogP) is 5.57. The van der Waals surface area contributed by atoms with E-state index in [0.29, 0.717) is 22.9 Å². The number of imidazole rings is 1. The molecule has 3 heterocycles. The van der Waals surface area contributed by atoms with E-state index in [1.807, 2.05) is 19.1 Å². The van der Waals surface area contributed by atoms with Crippen molar-refractivity contribution >= 4 is 39.8 Å². The van der Waals surface area contributed by atoms with Gasteiger partial charge in [-0.3, -0.25) is 4.79 Å². The smallest absolute Gasteiger partial charge is 0.341 e. The Morgan fingerprint density at radius 2 is 1.95 bits per heavy atom. The summed E-state index contributed by atoms with van der Waals surface area (Å²) in [6, 6.07) is 11.8. The van der Waals surface area contributed by atoms with Gasteiger partial charge >= 0.3 is 11.9 Å². The fraction of sp³-hybridized carbons (Fsp3) is 0.333. The molecule has 3 N–H and O–H groups in total. The van der Waals surface area contributed by atoms with E-state index in [2.05, 4.69) is 14.9 Å². The summed E-state index contributed by atoms with van der Waals surface area (Å²) in [6.45, 7) is 1.40. The number of fused-ring (bicyclic) bond motifs is 2. The molecule has 0 bridgehead atoms. The standard InChI is InChI=1S/C33H34N4O7/c1-19-24(25-15-23(44-18-30(38)39)9-10-26(25)34-19)16-28(33(41)42-2)36-32(40)20-8-11-29-27(14-20)35-31(21-12-13-43-17-21)37(29)22-6-4-3-5-7-22/h8-15,17,22,28,34H,3-7,16,18H2,1-2H3,(H,36,40)(H,38,39)/t28-/m0/s1. The van der Waals surface area contributed by atoms with Crippen LogP contribution in [0, 0.1) is 6.92 Å². The molecule has 3 aromatic heterocycles. The molecule has 0 spiro atoms. The van der Waals surface area contributed by atoms with E-state index in [9.17, 15) is 14.4 Å². The average Bonchev–Trinajstić information content (AvgIpc) is 3.77. The van der Waals surface area contributed by atoms with Gasteiger partial charge in [0.15, 0.2) is 6.61 Å². The van der Waals surface area contributed by atoms with Gasteiger partial charge in [0.05, 0.1) is 30.0 Å². The highest BCUT2D eigenvalue weighted by Crippen LogP contribution is 2.36. The molecule has 6 rings (SSSR count). The summed E-state index contributed by atoms with van der Waals surface area (Å²) in [5.74, 6) is -0.903. The van der Waals surface area contributed by atoms with Crippen LogP contribution in [0.25, 0.3) is 33.3 Å². The van der Waals surface area contributed by atoms with Crippen LogP contribution >= 0.6 is 0 Å². The number of hydrogen-bond acceptors (Lipinski definition) is 7. The summed E-state index contributed by atoms with van der Waals surface area (Å²) in [7, 11) is 1.28. The first-order valence-corrected chi connectivity index (χ1v) is 14.7. The highest BCUT2D eigenvalue weighted by molar-refractivity contribution is 6.00. The molecule has 1 aliphatic carbocycles. The lowest BCUT2D eigenvalue weighted by Crippen LogP contribution is -2.43. The molecule has 228 valence electrons. The minimum absolute atomic E-state index is 0.149. The molecule has 2 aromatic carbocycles. The SMILES string of the molecule is COC(=O)[C@H](Cc1c(C)[nH]c2ccc(OCC(=O)O)cc12)NC(=O)c1ccc2c(c1)nc(-c1ccoc1)n2C1CCCCC1. The van der Waals surface area contributed by atoms with Crippen molar-refractivity contribution in [2.45, 2.75) is 57.5 Å². The molecule has 5 aromatic rings. The van der Waals surface area contributed by atoms with Crippen LogP contribution in [-0.2, 0) is 20.7 Å². The summed E-state index contributed by atoms with van der Waals surface area (Å²) >= 11 is 0. The zero-order valence-corrected chi connectivity index (χ0v) is 24.6. The van der Waals surface area contributed by atoms with Gasteiger partial charge in [0, 0.05) is 34.6 Å². The number of H-pyrrole nitrogens is 1. The number of amides is 1. The van der Waals surface area contributed by atoms with Gasteiger partial charge in [-0.2, -0.15) is 0 Å². The second-order valence-electron chi connectivity index (χ2n) is 11.2. The number of aromatic amines is 1. The molecular formula is C33H34N4O7. The van der Waals surface area contributed by atoms with E-state index in [1.54, 1.807) is 42.9 Å². The largest absolute Gasteiger partial charge is 0.482 e. The number of esters is 1. The number of furan rings is 1. The molecular weight excluding hydrogens is 564 g/mol. The molecule has 44 heavy (non-hydrogen) atoms. The Kier molecular flexibility index (Phi) is 8.10. The Hall–Kier alpha value is -5.06. The van der Waals surface area contributed by atoms with Gasteiger partial charge in [0.25, 0.3) is 5.91 Å². The van der Waals surface area contributed by atoms with Crippen molar-refractivity contribution in [3.63, 3.8) is 0 Å². The lowest BCUT2D eigenvalue weighted by atomic mass is 9.95. The Morgan fingerprint density at radius 1 is 1.14 bits per heavy atom. The van der Waals surface area contributed by atoms with Crippen molar-refractivity contribution in [1.29, 1.82) is 0 Å². The van der Waals surface area contributed by atoms with Gasteiger partial charge in [0.2, 0.25) is 0 Å². The van der Waals surface area contributed by atoms with Crippen LogP contribution < -0.4 is 10.1 Å². The van der Waals surface area contributed by atoms with Gasteiger partial charge < -0.3 is 33.9 Å². The summed E-state index contributed by atoms with van der Waals surface area (Å²) in [5.41, 5.74) is 5.28. The van der Waals surface area contributed by atoms with Gasteiger partial charge in [-0.1, -0.05) is 19.3 Å². The molecule has 0 radical (unpaired) electrons. The number of nitrogens with zero attached hydrogens (tertiary/aromatic N) is 2. The monoisotopic (exact) mass is 598 g/mol. The lowest BCUT2D eigenvalue weighted by Gasteiger charge is -2.25. The van der Waals surface area contributed by atoms with Crippen LogP contribution in [0.2, 0.25) is 0 Å². The molecule has 1 fully saturated rings. The molecule has 0 unspecified atom stereocenters. The van der Waals surface area contributed by atoms with Gasteiger partial charge in [-0.15, -0.1) is 0 Å². The quantitative estimate of drug-likeness (QED) is 0.177. The maximum Gasteiger partial charge on any atom is 0.341 e. The van der Waals surface area contributed by atoms with E-state index < -0.39 is 30.5 Å². The maximum absolute atomic E-state index is 13.6. The van der Waals surface area contributed by atoms with E-state index >= 15 is 0 Å². The summed E-state index contributed by atoms with van der Waals surface area (Å²) < 4.78 is 18.0. The minimum Gasteiger partial charge on any atom is -0.482 e. The number of carbonyl (C=O) groups excluding carboxylic acids is 2. The van der Waals surface area contributed by atoms with Gasteiger partial charge in [-0.05, 0) is 67.8 Å². The van der Waals surface area contributed by atoms with Gasteiger partial charge in [0.1, 0.15) is 23.9 Å². The van der Waals surface area contributed by atoms with Crippen LogP contribution in [-0.4, -0.2) is 57.2 Å². The van der Waals surface area contributed by atoms with Crippen molar-refractivity contribution in [2.24, 2.45) is 0 Å². The summed E-state index contributed by atoms with van der Waals surface area (Å²) in [5, 5.41) is 12.6. The zero-order chi connectivity index (χ0) is 30.8. The Balaban J connectivity index is 1.29. The van der Waals surface area contributed by atoms with Crippen LogP contribution in [0.15, 0.2) is 59.4 Å². The molecule has 0 saturated heterocycles. The molecule has 11 heteroatoms. The van der Waals surface area contributed by atoms with Crippen molar-refractivity contribution in [3.05, 3.63) is 71.8 Å². The number of aromatic nitrogens is 3. The number of aryl methyl sites for hydroxylation is 1. The fourth-order valence-electron chi connectivity index (χ4n) is 6.18. The number of ether oxygens (including phenoxy) is 2. The van der Waals surface area contributed by atoms with E-state index in [4.69, 9.17) is 24.0 Å². The highest BCUT2D eigenvalue weighted by atomic mass is 16.5. The first kappa shape index (κ1) is 29.0. The Labute approximate surface area is 253 Å². The number of nitrogens with one attached hydrogen (secondary N) is 2. The predicted molar refractivity (Wildman–Crippen MR) is 163 cm³/mol. The summed E-state index contributed by atoms with van der Waals surface area (Å²) in [4.78, 5) is 45.6. The number of carboxylic acids is 1. The average molecular weight is 599 g/mol. The first-order valence-electron chi connectivity index (χ1n) is 14.7. The van der Waals surface area contributed by atoms with Crippen molar-refractivity contribution in [1.82, 2.24) is 19.9 Å². The maximum atomic E-state index is 13.6. The normalized spacial score (nSPS) is 14.5. The zero-order valence-electron chi connectivity index (χ0n) is 24.6. The van der Waals surface area contributed by atoms with Crippen molar-refractivity contribution < 1.29 is 33.4 Å². The number of carboxylic acid groups (broad SMARTS) is 1. The summed E-state index contributed by atoms with van der Waals surface area (Å²) in [6.07, 6.45) is 9.16. The highest BCUT2D eigenvalue weighted by Gasteiger charge is 2.27. The topological polar surface area (TPSA) is 149 Å². The molecule has 1 atom stereocenters. The van der Waals surface area contributed by atoms with E-state index in [1.165, 1.54) is 13.5 Å². The number of carbonyl (C=O) groups is 3. The van der Waals surface area contributed by atoms with Crippen molar-refractivity contribution in [3.8, 4) is 17.1 Å². The third-order valence-electron chi connectivity index (χ3n) is 8.32. The number of aliphatic carboxylic acids is 1. The Morgan fingerprint density at radius 3 is 2.68 bits per heavy atom. The number of hydrogen-bond donors (Lipinski definition) is 3. The molecule has 1 aliphatic rings. The minimum atomic E-state index is -1.08. The second kappa shape index (κ2) is 12.3. The fourth-order valence-corrected chi connectivity index (χ4v) is 6.18. The molecule has 0 aliphatic heterocycles. The second-order valence-corrected chi connectivity index (χ2v) is 11.2. The lowest BCUT2D eigenvalue weighted by molar-refractivity contribution is -0.143. The van der Waals surface area contributed by atoms with Crippen LogP contribution in [0.5, 0.6) is 5.75 Å².